The Morgan fingerprint density at radius 3 is 2.55 bits per heavy atom. The van der Waals surface area contributed by atoms with Gasteiger partial charge in [-0.15, -0.1) is 0 Å². The van der Waals surface area contributed by atoms with Gasteiger partial charge in [0.05, 0.1) is 19.3 Å². The molecule has 196 valence electrons. The van der Waals surface area contributed by atoms with Gasteiger partial charge in [0.2, 0.25) is 11.8 Å². The zero-order chi connectivity index (χ0) is 26.4. The molecule has 3 aliphatic rings. The maximum atomic E-state index is 14.8. The molecule has 3 aromatic carbocycles. The summed E-state index contributed by atoms with van der Waals surface area (Å²) in [5.74, 6) is -2.13. The number of halogens is 3. The smallest absolute Gasteiger partial charge is 0.238 e. The number of carbonyl (C=O) groups is 2. The number of rotatable bonds is 4. The molecule has 0 aromatic heterocycles. The molecule has 1 spiro atoms. The van der Waals surface area contributed by atoms with E-state index in [1.165, 1.54) is 30.3 Å². The molecule has 0 bridgehead atoms. The summed E-state index contributed by atoms with van der Waals surface area (Å²) in [5, 5.41) is 6.32. The minimum Gasteiger partial charge on any atom is -0.490 e. The van der Waals surface area contributed by atoms with Crippen molar-refractivity contribution in [3.8, 4) is 5.75 Å². The minimum absolute atomic E-state index is 0.0685. The number of fused-ring (bicyclic) bond motifs is 2. The topological polar surface area (TPSA) is 76.7 Å². The van der Waals surface area contributed by atoms with Crippen LogP contribution in [0, 0.1) is 11.6 Å². The van der Waals surface area contributed by atoms with Crippen molar-refractivity contribution in [3.63, 3.8) is 0 Å². The Hall–Kier alpha value is -3.49. The Bertz CT molecular complexity index is 1430. The van der Waals surface area contributed by atoms with Gasteiger partial charge in [0.1, 0.15) is 28.9 Å². The number of carbonyl (C=O) groups excluding carboxylic acids is 2. The standard InChI is InChI=1S/C29H25ClF2N2O4/c30-17-4-6-22-24(13-17)33-28(36)29(22)23(16-2-1-3-18(31)12-16)15-26(35)34-27(29)21-14-19(32)5-7-25(21)38-20-8-10-37-11-9-20/h1-7,12-14,20,23,27H,8-11,15H2,(H,33,36)(H,34,35). The van der Waals surface area contributed by atoms with Crippen molar-refractivity contribution >= 4 is 29.1 Å². The lowest BCUT2D eigenvalue weighted by atomic mass is 9.59. The van der Waals surface area contributed by atoms with Crippen molar-refractivity contribution in [2.45, 2.75) is 42.7 Å². The number of hydrogen-bond acceptors (Lipinski definition) is 4. The monoisotopic (exact) mass is 538 g/mol. The molecule has 3 atom stereocenters. The van der Waals surface area contributed by atoms with Gasteiger partial charge in [0.25, 0.3) is 0 Å². The molecule has 2 fully saturated rings. The predicted molar refractivity (Wildman–Crippen MR) is 137 cm³/mol. The average molecular weight is 539 g/mol. The van der Waals surface area contributed by atoms with Crippen LogP contribution in [0.1, 0.15) is 47.9 Å². The van der Waals surface area contributed by atoms with Crippen LogP contribution in [-0.2, 0) is 19.7 Å². The highest BCUT2D eigenvalue weighted by Gasteiger charge is 2.61. The maximum absolute atomic E-state index is 14.8. The number of ether oxygens (including phenoxy) is 2. The summed E-state index contributed by atoms with van der Waals surface area (Å²) in [7, 11) is 0. The van der Waals surface area contributed by atoms with E-state index >= 15 is 0 Å². The minimum atomic E-state index is -1.43. The van der Waals surface area contributed by atoms with Crippen LogP contribution < -0.4 is 15.4 Å². The van der Waals surface area contributed by atoms with Gasteiger partial charge in [-0.1, -0.05) is 29.8 Å². The fourth-order valence-electron chi connectivity index (χ4n) is 6.10. The molecule has 3 unspecified atom stereocenters. The number of hydrogen-bond donors (Lipinski definition) is 2. The average Bonchev–Trinajstić information content (AvgIpc) is 3.18. The van der Waals surface area contributed by atoms with Crippen LogP contribution >= 0.6 is 11.6 Å². The molecule has 38 heavy (non-hydrogen) atoms. The fourth-order valence-corrected chi connectivity index (χ4v) is 6.27. The van der Waals surface area contributed by atoms with Crippen LogP contribution in [0.25, 0.3) is 0 Å². The van der Waals surface area contributed by atoms with E-state index in [0.29, 0.717) is 59.2 Å². The lowest BCUT2D eigenvalue weighted by Gasteiger charge is -2.46. The van der Waals surface area contributed by atoms with Crippen LogP contribution in [0.3, 0.4) is 0 Å². The van der Waals surface area contributed by atoms with Crippen molar-refractivity contribution in [2.24, 2.45) is 0 Å². The van der Waals surface area contributed by atoms with Crippen LogP contribution in [-0.4, -0.2) is 31.1 Å². The Kier molecular flexibility index (Phi) is 6.32. The van der Waals surface area contributed by atoms with Gasteiger partial charge < -0.3 is 20.1 Å². The number of piperidine rings is 1. The van der Waals surface area contributed by atoms with Crippen LogP contribution in [0.2, 0.25) is 5.02 Å². The third-order valence-electron chi connectivity index (χ3n) is 7.75. The quantitative estimate of drug-likeness (QED) is 0.466. The molecule has 3 aliphatic heterocycles. The van der Waals surface area contributed by atoms with E-state index in [1.54, 1.807) is 30.3 Å². The molecule has 2 amide bonds. The molecule has 3 heterocycles. The van der Waals surface area contributed by atoms with Gasteiger partial charge in [-0.3, -0.25) is 9.59 Å². The van der Waals surface area contributed by atoms with Crippen molar-refractivity contribution in [1.29, 1.82) is 0 Å². The van der Waals surface area contributed by atoms with E-state index in [1.807, 2.05) is 0 Å². The summed E-state index contributed by atoms with van der Waals surface area (Å²) >= 11 is 6.25. The molecule has 2 saturated heterocycles. The van der Waals surface area contributed by atoms with Crippen LogP contribution in [0.5, 0.6) is 5.75 Å². The van der Waals surface area contributed by atoms with Gasteiger partial charge in [-0.25, -0.2) is 8.78 Å². The molecule has 3 aromatic rings. The third-order valence-corrected chi connectivity index (χ3v) is 7.98. The summed E-state index contributed by atoms with van der Waals surface area (Å²) in [4.78, 5) is 27.3. The molecule has 0 aliphatic carbocycles. The zero-order valence-electron chi connectivity index (χ0n) is 20.3. The lowest BCUT2D eigenvalue weighted by molar-refractivity contribution is -0.131. The number of benzene rings is 3. The van der Waals surface area contributed by atoms with Gasteiger partial charge in [0.15, 0.2) is 0 Å². The van der Waals surface area contributed by atoms with Gasteiger partial charge in [0, 0.05) is 41.5 Å². The molecule has 6 nitrogen and oxygen atoms in total. The first-order valence-electron chi connectivity index (χ1n) is 12.6. The second kappa shape index (κ2) is 9.67. The normalized spacial score (nSPS) is 25.1. The maximum Gasteiger partial charge on any atom is 0.238 e. The van der Waals surface area contributed by atoms with Crippen LogP contribution in [0.4, 0.5) is 14.5 Å². The number of anilines is 1. The van der Waals surface area contributed by atoms with E-state index in [4.69, 9.17) is 21.1 Å². The Morgan fingerprint density at radius 1 is 0.974 bits per heavy atom. The van der Waals surface area contributed by atoms with Gasteiger partial charge in [-0.2, -0.15) is 0 Å². The predicted octanol–water partition coefficient (Wildman–Crippen LogP) is 5.41. The van der Waals surface area contributed by atoms with E-state index in [9.17, 15) is 18.4 Å². The largest absolute Gasteiger partial charge is 0.490 e. The summed E-state index contributed by atoms with van der Waals surface area (Å²) in [6.45, 7) is 1.09. The van der Waals surface area contributed by atoms with E-state index in [-0.39, 0.29) is 18.4 Å². The zero-order valence-corrected chi connectivity index (χ0v) is 21.1. The Morgan fingerprint density at radius 2 is 1.76 bits per heavy atom. The fraction of sp³-hybridized carbons (Fsp3) is 0.310. The number of nitrogens with one attached hydrogen (secondary N) is 2. The van der Waals surface area contributed by atoms with Crippen molar-refractivity contribution in [3.05, 3.63) is 94.0 Å². The first-order chi connectivity index (χ1) is 18.4. The summed E-state index contributed by atoms with van der Waals surface area (Å²) in [5.41, 5.74) is 0.485. The highest BCUT2D eigenvalue weighted by atomic mass is 35.5. The van der Waals surface area contributed by atoms with Crippen LogP contribution in [0.15, 0.2) is 60.7 Å². The first kappa shape index (κ1) is 24.8. The molecular formula is C29H25ClF2N2O4. The summed E-state index contributed by atoms with van der Waals surface area (Å²) in [6.07, 6.45) is 1.09. The molecule has 2 N–H and O–H groups in total. The van der Waals surface area contributed by atoms with Crippen molar-refractivity contribution < 1.29 is 27.8 Å². The second-order valence-corrected chi connectivity index (χ2v) is 10.4. The van der Waals surface area contributed by atoms with Gasteiger partial charge >= 0.3 is 0 Å². The van der Waals surface area contributed by atoms with E-state index < -0.39 is 34.9 Å². The lowest BCUT2D eigenvalue weighted by Crippen LogP contribution is -2.57. The highest BCUT2D eigenvalue weighted by molar-refractivity contribution is 6.31. The third kappa shape index (κ3) is 4.12. The molecule has 9 heteroatoms. The molecule has 0 radical (unpaired) electrons. The second-order valence-electron chi connectivity index (χ2n) is 9.94. The molecule has 6 rings (SSSR count). The number of amides is 2. The molecular weight excluding hydrogens is 514 g/mol. The van der Waals surface area contributed by atoms with Gasteiger partial charge in [-0.05, 0) is 53.6 Å². The molecule has 0 saturated carbocycles. The highest BCUT2D eigenvalue weighted by Crippen LogP contribution is 2.58. The van der Waals surface area contributed by atoms with Crippen molar-refractivity contribution in [1.82, 2.24) is 5.32 Å². The van der Waals surface area contributed by atoms with E-state index in [0.717, 1.165) is 0 Å². The SMILES string of the molecule is O=C1CC(c2cccc(F)c2)C2(C(=O)Nc3cc(Cl)ccc32)C(c2cc(F)ccc2OC2CCOCC2)N1. The Labute approximate surface area is 223 Å². The van der Waals surface area contributed by atoms with Crippen molar-refractivity contribution in [2.75, 3.05) is 18.5 Å². The Balaban J connectivity index is 1.57. The summed E-state index contributed by atoms with van der Waals surface area (Å²) < 4.78 is 41.0. The first-order valence-corrected chi connectivity index (χ1v) is 12.9. The van der Waals surface area contributed by atoms with E-state index in [2.05, 4.69) is 10.6 Å². The summed E-state index contributed by atoms with van der Waals surface area (Å²) in [6, 6.07) is 14.1.